The zero-order valence-electron chi connectivity index (χ0n) is 15.5. The highest BCUT2D eigenvalue weighted by Crippen LogP contribution is 2.15. The normalized spacial score (nSPS) is 22.4. The molecule has 1 fully saturated rings. The molecule has 2 aromatic carbocycles. The minimum atomic E-state index is -0.306. The molecule has 138 valence electrons. The first-order chi connectivity index (χ1) is 12.5. The molecular formula is C21H28FN3O+2. The van der Waals surface area contributed by atoms with Gasteiger partial charge in [0.1, 0.15) is 5.82 Å². The van der Waals surface area contributed by atoms with Gasteiger partial charge in [0, 0.05) is 24.1 Å². The smallest absolute Gasteiger partial charge is 0.287 e. The average Bonchev–Trinajstić information content (AvgIpc) is 2.65. The van der Waals surface area contributed by atoms with Crippen LogP contribution in [0.25, 0.3) is 0 Å². The second kappa shape index (κ2) is 8.43. The summed E-state index contributed by atoms with van der Waals surface area (Å²) in [5.74, 6) is -0.356. The Hall–Kier alpha value is -2.24. The zero-order chi connectivity index (χ0) is 18.5. The lowest BCUT2D eigenvalue weighted by molar-refractivity contribution is -0.953. The van der Waals surface area contributed by atoms with E-state index in [1.807, 2.05) is 30.3 Å². The highest BCUT2D eigenvalue weighted by molar-refractivity contribution is 5.94. The molecule has 1 saturated heterocycles. The van der Waals surface area contributed by atoms with Gasteiger partial charge in [0.25, 0.3) is 5.91 Å². The van der Waals surface area contributed by atoms with Gasteiger partial charge in [-0.2, -0.15) is 0 Å². The van der Waals surface area contributed by atoms with Crippen molar-refractivity contribution >= 4 is 11.6 Å². The summed E-state index contributed by atoms with van der Waals surface area (Å²) in [5.41, 5.74) is 1.63. The molecule has 1 heterocycles. The number of likely N-dealkylation sites (tertiary alicyclic amines) is 1. The molecule has 26 heavy (non-hydrogen) atoms. The number of hydrogen-bond acceptors (Lipinski definition) is 1. The lowest BCUT2D eigenvalue weighted by atomic mass is 9.98. The molecule has 3 N–H and O–H groups in total. The summed E-state index contributed by atoms with van der Waals surface area (Å²) < 4.78 is 13.1. The van der Waals surface area contributed by atoms with Crippen LogP contribution in [0.2, 0.25) is 0 Å². The first kappa shape index (κ1) is 18.5. The molecule has 1 amide bonds. The van der Waals surface area contributed by atoms with E-state index in [1.165, 1.54) is 17.0 Å². The lowest BCUT2D eigenvalue weighted by Crippen LogP contribution is -3.18. The van der Waals surface area contributed by atoms with E-state index in [-0.39, 0.29) is 17.8 Å². The van der Waals surface area contributed by atoms with E-state index in [0.29, 0.717) is 11.7 Å². The number of piperidine rings is 1. The van der Waals surface area contributed by atoms with E-state index in [4.69, 9.17) is 0 Å². The standard InChI is InChI=1S/C21H26FN3O/c1-24-14-12-19(13-15-24)25(2)20(16-6-4-3-5-7-16)21(26)23-18-10-8-17(22)9-11-18/h3-11,19-20H,12-15H2,1-2H3,(H,23,26)/p+2/t20-/m0/s1. The lowest BCUT2D eigenvalue weighted by Gasteiger charge is -2.34. The van der Waals surface area contributed by atoms with Gasteiger partial charge >= 0.3 is 0 Å². The van der Waals surface area contributed by atoms with E-state index in [0.717, 1.165) is 31.5 Å². The molecular weight excluding hydrogens is 329 g/mol. The second-order valence-corrected chi connectivity index (χ2v) is 7.32. The van der Waals surface area contributed by atoms with Crippen molar-refractivity contribution in [3.63, 3.8) is 0 Å². The van der Waals surface area contributed by atoms with Crippen LogP contribution in [-0.2, 0) is 4.79 Å². The van der Waals surface area contributed by atoms with Crippen molar-refractivity contribution in [3.05, 3.63) is 66.0 Å². The summed E-state index contributed by atoms with van der Waals surface area (Å²) in [6, 6.07) is 16.0. The minimum absolute atomic E-state index is 0.0495. The molecule has 4 nitrogen and oxygen atoms in total. The Morgan fingerprint density at radius 1 is 1.12 bits per heavy atom. The second-order valence-electron chi connectivity index (χ2n) is 7.32. The van der Waals surface area contributed by atoms with Crippen molar-refractivity contribution in [2.45, 2.75) is 24.9 Å². The molecule has 1 unspecified atom stereocenters. The molecule has 0 aliphatic carbocycles. The summed E-state index contributed by atoms with van der Waals surface area (Å²) in [6.07, 6.45) is 2.23. The molecule has 3 rings (SSSR count). The van der Waals surface area contributed by atoms with Gasteiger partial charge in [0.15, 0.2) is 6.04 Å². The maximum atomic E-state index is 13.1. The number of carbonyl (C=O) groups is 1. The number of rotatable bonds is 5. The number of quaternary nitrogens is 2. The molecule has 2 aromatic rings. The van der Waals surface area contributed by atoms with Gasteiger partial charge in [-0.05, 0) is 24.3 Å². The van der Waals surface area contributed by atoms with Gasteiger partial charge in [-0.1, -0.05) is 30.3 Å². The fraction of sp³-hybridized carbons (Fsp3) is 0.381. The largest absolute Gasteiger partial charge is 0.337 e. The zero-order valence-corrected chi connectivity index (χ0v) is 15.5. The molecule has 0 radical (unpaired) electrons. The highest BCUT2D eigenvalue weighted by Gasteiger charge is 2.36. The third kappa shape index (κ3) is 4.48. The van der Waals surface area contributed by atoms with E-state index in [1.54, 1.807) is 17.0 Å². The minimum Gasteiger partial charge on any atom is -0.337 e. The molecule has 0 spiro atoms. The molecule has 0 aromatic heterocycles. The third-order valence-corrected chi connectivity index (χ3v) is 5.45. The van der Waals surface area contributed by atoms with E-state index in [9.17, 15) is 9.18 Å². The number of halogens is 1. The Morgan fingerprint density at radius 3 is 2.35 bits per heavy atom. The fourth-order valence-corrected chi connectivity index (χ4v) is 3.82. The van der Waals surface area contributed by atoms with Gasteiger partial charge < -0.3 is 15.1 Å². The number of nitrogens with one attached hydrogen (secondary N) is 3. The van der Waals surface area contributed by atoms with Crippen LogP contribution >= 0.6 is 0 Å². The molecule has 5 heteroatoms. The Labute approximate surface area is 154 Å². The molecule has 1 aliphatic rings. The van der Waals surface area contributed by atoms with Crippen molar-refractivity contribution in [1.82, 2.24) is 0 Å². The first-order valence-corrected chi connectivity index (χ1v) is 9.30. The van der Waals surface area contributed by atoms with Gasteiger partial charge in [0.2, 0.25) is 0 Å². The van der Waals surface area contributed by atoms with Gasteiger partial charge in [-0.15, -0.1) is 0 Å². The monoisotopic (exact) mass is 357 g/mol. The first-order valence-electron chi connectivity index (χ1n) is 9.30. The number of anilines is 1. The summed E-state index contributed by atoms with van der Waals surface area (Å²) in [4.78, 5) is 15.9. The number of carbonyl (C=O) groups excluding carboxylic acids is 1. The van der Waals surface area contributed by atoms with Crippen LogP contribution in [0, 0.1) is 5.82 Å². The van der Waals surface area contributed by atoms with Crippen molar-refractivity contribution in [1.29, 1.82) is 0 Å². The topological polar surface area (TPSA) is 38.0 Å². The summed E-state index contributed by atoms with van der Waals surface area (Å²) in [5, 5.41) is 2.96. The molecule has 0 saturated carbocycles. The van der Waals surface area contributed by atoms with Crippen LogP contribution in [0.3, 0.4) is 0 Å². The summed E-state index contributed by atoms with van der Waals surface area (Å²) in [6.45, 7) is 2.28. The summed E-state index contributed by atoms with van der Waals surface area (Å²) >= 11 is 0. The Kier molecular flexibility index (Phi) is 6.01. The van der Waals surface area contributed by atoms with Crippen LogP contribution in [0.4, 0.5) is 10.1 Å². The van der Waals surface area contributed by atoms with Crippen LogP contribution in [0.1, 0.15) is 24.4 Å². The maximum absolute atomic E-state index is 13.1. The van der Waals surface area contributed by atoms with Crippen LogP contribution in [0.15, 0.2) is 54.6 Å². The van der Waals surface area contributed by atoms with Crippen LogP contribution in [-0.4, -0.2) is 39.1 Å². The van der Waals surface area contributed by atoms with Gasteiger partial charge in [-0.25, -0.2) is 4.39 Å². The van der Waals surface area contributed by atoms with E-state index >= 15 is 0 Å². The van der Waals surface area contributed by atoms with Crippen molar-refractivity contribution in [3.8, 4) is 0 Å². The Morgan fingerprint density at radius 2 is 1.73 bits per heavy atom. The number of hydrogen-bond donors (Lipinski definition) is 3. The average molecular weight is 357 g/mol. The maximum Gasteiger partial charge on any atom is 0.287 e. The van der Waals surface area contributed by atoms with Gasteiger partial charge in [-0.3, -0.25) is 4.79 Å². The SMILES string of the molecule is C[NH+]1CCC([NH+](C)[C@H](C(=O)Nc2ccc(F)cc2)c2ccccc2)CC1. The predicted molar refractivity (Wildman–Crippen MR) is 101 cm³/mol. The molecule has 0 bridgehead atoms. The quantitative estimate of drug-likeness (QED) is 0.724. The summed E-state index contributed by atoms with van der Waals surface area (Å²) in [7, 11) is 4.34. The number of amides is 1. The Balaban J connectivity index is 1.81. The van der Waals surface area contributed by atoms with Gasteiger partial charge in [0.05, 0.1) is 33.2 Å². The van der Waals surface area contributed by atoms with Crippen LogP contribution in [0.5, 0.6) is 0 Å². The van der Waals surface area contributed by atoms with E-state index < -0.39 is 0 Å². The number of likely N-dealkylation sites (N-methyl/N-ethyl adjacent to an activating group) is 1. The third-order valence-electron chi connectivity index (χ3n) is 5.45. The van der Waals surface area contributed by atoms with Crippen molar-refractivity contribution in [2.24, 2.45) is 0 Å². The molecule has 1 aliphatic heterocycles. The van der Waals surface area contributed by atoms with Crippen molar-refractivity contribution in [2.75, 3.05) is 32.5 Å². The molecule has 2 atom stereocenters. The van der Waals surface area contributed by atoms with Crippen molar-refractivity contribution < 1.29 is 19.0 Å². The fourth-order valence-electron chi connectivity index (χ4n) is 3.82. The number of benzene rings is 2. The Bertz CT molecular complexity index is 712. The van der Waals surface area contributed by atoms with Crippen LogP contribution < -0.4 is 15.1 Å². The highest BCUT2D eigenvalue weighted by atomic mass is 19.1. The van der Waals surface area contributed by atoms with E-state index in [2.05, 4.69) is 19.4 Å². The predicted octanol–water partition coefficient (Wildman–Crippen LogP) is 0.697.